The maximum atomic E-state index is 13.3. The number of anilines is 2. The maximum absolute atomic E-state index is 13.3. The Labute approximate surface area is 210 Å². The first-order valence-electron chi connectivity index (χ1n) is 12.1. The number of nitrogens with one attached hydrogen (secondary N) is 1. The molecule has 9 heteroatoms. The monoisotopic (exact) mass is 494 g/mol. The highest BCUT2D eigenvalue weighted by atomic mass is 16.5. The first-order chi connectivity index (χ1) is 17.2. The van der Waals surface area contributed by atoms with Gasteiger partial charge in [-0.3, -0.25) is 14.2 Å². The van der Waals surface area contributed by atoms with E-state index in [0.29, 0.717) is 41.0 Å². The van der Waals surface area contributed by atoms with E-state index < -0.39 is 17.2 Å². The predicted octanol–water partition coefficient (Wildman–Crippen LogP) is 3.77. The molecule has 0 unspecified atom stereocenters. The fourth-order valence-corrected chi connectivity index (χ4v) is 4.02. The molecule has 2 aromatic carbocycles. The number of hydrogen-bond donors (Lipinski definition) is 3. The summed E-state index contributed by atoms with van der Waals surface area (Å²) < 4.78 is 7.22. The first-order valence-corrected chi connectivity index (χ1v) is 12.1. The third-order valence-electron chi connectivity index (χ3n) is 6.19. The number of hydrogen-bond acceptors (Lipinski definition) is 6. The highest BCUT2D eigenvalue weighted by Crippen LogP contribution is 2.28. The lowest BCUT2D eigenvalue weighted by atomic mass is 9.96. The summed E-state index contributed by atoms with van der Waals surface area (Å²) in [5.74, 6) is 0.0813. The molecule has 4 N–H and O–H groups in total. The van der Waals surface area contributed by atoms with E-state index >= 15 is 0 Å². The number of aromatic nitrogens is 2. The van der Waals surface area contributed by atoms with Crippen LogP contribution in [0.5, 0.6) is 11.5 Å². The number of nitrogen functional groups attached to an aromatic ring is 1. The summed E-state index contributed by atoms with van der Waals surface area (Å²) in [4.78, 5) is 39.1. The molecule has 9 nitrogen and oxygen atoms in total. The quantitative estimate of drug-likeness (QED) is 0.394. The van der Waals surface area contributed by atoms with Gasteiger partial charge in [-0.25, -0.2) is 9.36 Å². The van der Waals surface area contributed by atoms with Gasteiger partial charge in [0.25, 0.3) is 11.5 Å². The number of nitrogens with zero attached hydrogens (tertiary/aromatic N) is 2. The van der Waals surface area contributed by atoms with Gasteiger partial charge in [-0.1, -0.05) is 26.7 Å². The van der Waals surface area contributed by atoms with Gasteiger partial charge >= 0.3 is 5.69 Å². The number of aryl methyl sites for hydroxylation is 2. The molecule has 0 saturated heterocycles. The van der Waals surface area contributed by atoms with Crippen molar-refractivity contribution in [3.63, 3.8) is 0 Å². The molecule has 0 aliphatic heterocycles. The molecule has 0 bridgehead atoms. The van der Waals surface area contributed by atoms with E-state index in [9.17, 15) is 19.5 Å². The van der Waals surface area contributed by atoms with Crippen LogP contribution in [0.1, 0.15) is 61.0 Å². The molecule has 36 heavy (non-hydrogen) atoms. The van der Waals surface area contributed by atoms with E-state index in [1.54, 1.807) is 36.4 Å². The Bertz CT molecular complexity index is 1330. The van der Waals surface area contributed by atoms with Gasteiger partial charge < -0.3 is 20.9 Å². The third kappa shape index (κ3) is 5.45. The SMILES string of the molecule is CCCCc1cc(C(=O)Nc2c(N)n(-c3ccc(OC)cc3)c(=O)n(C)c2=O)cc(CCCC)c1O. The van der Waals surface area contributed by atoms with E-state index in [1.165, 1.54) is 14.2 Å². The topological polar surface area (TPSA) is 129 Å². The number of carbonyl (C=O) groups is 1. The van der Waals surface area contributed by atoms with Crippen molar-refractivity contribution < 1.29 is 14.6 Å². The van der Waals surface area contributed by atoms with Crippen LogP contribution in [0, 0.1) is 0 Å². The number of amides is 1. The fourth-order valence-electron chi connectivity index (χ4n) is 4.02. The first kappa shape index (κ1) is 26.6. The van der Waals surface area contributed by atoms with Crippen LogP contribution in [-0.2, 0) is 19.9 Å². The van der Waals surface area contributed by atoms with Crippen LogP contribution in [0.3, 0.4) is 0 Å². The van der Waals surface area contributed by atoms with Crippen molar-refractivity contribution in [2.24, 2.45) is 7.05 Å². The van der Waals surface area contributed by atoms with Gasteiger partial charge in [0.15, 0.2) is 0 Å². The normalized spacial score (nSPS) is 10.9. The Balaban J connectivity index is 2.06. The van der Waals surface area contributed by atoms with Crippen LogP contribution < -0.4 is 27.0 Å². The van der Waals surface area contributed by atoms with E-state index in [1.807, 2.05) is 0 Å². The maximum Gasteiger partial charge on any atom is 0.337 e. The highest BCUT2D eigenvalue weighted by Gasteiger charge is 2.21. The van der Waals surface area contributed by atoms with E-state index in [2.05, 4.69) is 19.2 Å². The minimum Gasteiger partial charge on any atom is -0.507 e. The molecule has 0 fully saturated rings. The van der Waals surface area contributed by atoms with Gasteiger partial charge in [0.05, 0.1) is 12.8 Å². The molecule has 0 aliphatic rings. The van der Waals surface area contributed by atoms with Crippen LogP contribution in [0.4, 0.5) is 11.5 Å². The zero-order valence-electron chi connectivity index (χ0n) is 21.3. The number of benzene rings is 2. The van der Waals surface area contributed by atoms with Crippen LogP contribution >= 0.6 is 0 Å². The summed E-state index contributed by atoms with van der Waals surface area (Å²) in [6.45, 7) is 4.11. The van der Waals surface area contributed by atoms with Gasteiger partial charge in [0.2, 0.25) is 0 Å². The number of aromatic hydroxyl groups is 1. The third-order valence-corrected chi connectivity index (χ3v) is 6.19. The van der Waals surface area contributed by atoms with Crippen molar-refractivity contribution in [3.8, 4) is 17.2 Å². The second-order valence-corrected chi connectivity index (χ2v) is 8.74. The lowest BCUT2D eigenvalue weighted by molar-refractivity contribution is 0.102. The van der Waals surface area contributed by atoms with Crippen LogP contribution in [0.15, 0.2) is 46.0 Å². The second kappa shape index (κ2) is 11.6. The van der Waals surface area contributed by atoms with Gasteiger partial charge in [-0.15, -0.1) is 0 Å². The van der Waals surface area contributed by atoms with Crippen molar-refractivity contribution in [1.82, 2.24) is 9.13 Å². The zero-order valence-corrected chi connectivity index (χ0v) is 21.3. The van der Waals surface area contributed by atoms with Crippen molar-refractivity contribution in [1.29, 1.82) is 0 Å². The van der Waals surface area contributed by atoms with E-state index in [-0.39, 0.29) is 17.3 Å². The Morgan fingerprint density at radius 2 is 1.58 bits per heavy atom. The Kier molecular flexibility index (Phi) is 8.58. The fraction of sp³-hybridized carbons (Fsp3) is 0.370. The molecular weight excluding hydrogens is 460 g/mol. The summed E-state index contributed by atoms with van der Waals surface area (Å²) in [5, 5.41) is 13.4. The molecule has 0 aliphatic carbocycles. The molecule has 1 amide bonds. The number of phenols is 1. The predicted molar refractivity (Wildman–Crippen MR) is 142 cm³/mol. The molecule has 3 rings (SSSR count). The number of rotatable bonds is 10. The standard InChI is InChI=1S/C27H34N4O5/c1-5-7-9-17-15-19(16-18(23(17)32)10-8-6-2)25(33)29-22-24(28)31(27(35)30(3)26(22)34)20-11-13-21(36-4)14-12-20/h11-16,32H,5-10,28H2,1-4H3,(H,29,33). The molecule has 0 atom stereocenters. The van der Waals surface area contributed by atoms with Crippen LogP contribution in [0.25, 0.3) is 5.69 Å². The van der Waals surface area contributed by atoms with Crippen LogP contribution in [-0.4, -0.2) is 27.3 Å². The van der Waals surface area contributed by atoms with Crippen molar-refractivity contribution in [2.75, 3.05) is 18.2 Å². The number of nitrogens with two attached hydrogens (primary N) is 1. The molecule has 3 aromatic rings. The molecule has 0 spiro atoms. The molecule has 0 radical (unpaired) electrons. The van der Waals surface area contributed by atoms with Gasteiger partial charge in [0, 0.05) is 12.6 Å². The Morgan fingerprint density at radius 1 is 1.03 bits per heavy atom. The smallest absolute Gasteiger partial charge is 0.337 e. The minimum absolute atomic E-state index is 0.183. The largest absolute Gasteiger partial charge is 0.507 e. The second-order valence-electron chi connectivity index (χ2n) is 8.74. The Morgan fingerprint density at radius 3 is 2.08 bits per heavy atom. The molecule has 1 heterocycles. The Hall–Kier alpha value is -4.01. The van der Waals surface area contributed by atoms with E-state index in [0.717, 1.165) is 34.8 Å². The van der Waals surface area contributed by atoms with Crippen LogP contribution in [0.2, 0.25) is 0 Å². The van der Waals surface area contributed by atoms with Crippen molar-refractivity contribution >= 4 is 17.4 Å². The van der Waals surface area contributed by atoms with E-state index in [4.69, 9.17) is 10.5 Å². The highest BCUT2D eigenvalue weighted by molar-refractivity contribution is 6.05. The zero-order chi connectivity index (χ0) is 26.4. The van der Waals surface area contributed by atoms with Gasteiger partial charge in [-0.05, 0) is 73.2 Å². The summed E-state index contributed by atoms with van der Waals surface area (Å²) in [7, 11) is 2.85. The summed E-state index contributed by atoms with van der Waals surface area (Å²) >= 11 is 0. The summed E-state index contributed by atoms with van der Waals surface area (Å²) in [5.41, 5.74) is 6.82. The number of methoxy groups -OCH3 is 1. The molecule has 0 saturated carbocycles. The average Bonchev–Trinajstić information content (AvgIpc) is 2.89. The summed E-state index contributed by atoms with van der Waals surface area (Å²) in [6, 6.07) is 9.89. The number of unbranched alkanes of at least 4 members (excludes halogenated alkanes) is 2. The van der Waals surface area contributed by atoms with Crippen molar-refractivity contribution in [3.05, 3.63) is 73.9 Å². The minimum atomic E-state index is -0.716. The summed E-state index contributed by atoms with van der Waals surface area (Å²) in [6.07, 6.45) is 4.89. The van der Waals surface area contributed by atoms with Crippen molar-refractivity contribution in [2.45, 2.75) is 52.4 Å². The molecular formula is C27H34N4O5. The van der Waals surface area contributed by atoms with Gasteiger partial charge in [-0.2, -0.15) is 0 Å². The number of ether oxygens (including phenoxy) is 1. The molecule has 1 aromatic heterocycles. The van der Waals surface area contributed by atoms with Gasteiger partial charge in [0.1, 0.15) is 23.0 Å². The molecule has 192 valence electrons. The number of carbonyl (C=O) groups excluding carboxylic acids is 1. The lowest BCUT2D eigenvalue weighted by Gasteiger charge is -2.17. The lowest BCUT2D eigenvalue weighted by Crippen LogP contribution is -2.40. The number of phenolic OH excluding ortho intramolecular Hbond substituents is 1. The average molecular weight is 495 g/mol.